The zero-order valence-electron chi connectivity index (χ0n) is 12.3. The van der Waals surface area contributed by atoms with E-state index in [2.05, 4.69) is 30.4 Å². The number of aryl methyl sites for hydroxylation is 1. The maximum absolute atomic E-state index is 12.9. The number of benzene rings is 1. The molecular weight excluding hydrogens is 248 g/mol. The molecule has 2 atom stereocenters. The largest absolute Gasteiger partial charge is 0.313 e. The number of piperidine rings is 1. The van der Waals surface area contributed by atoms with Crippen molar-refractivity contribution in [1.29, 1.82) is 0 Å². The zero-order valence-corrected chi connectivity index (χ0v) is 12.3. The van der Waals surface area contributed by atoms with Crippen molar-refractivity contribution in [3.05, 3.63) is 29.8 Å². The molecule has 1 fully saturated rings. The van der Waals surface area contributed by atoms with E-state index in [0.29, 0.717) is 11.9 Å². The molecule has 0 saturated carbocycles. The average Bonchev–Trinajstić information content (AvgIpc) is 2.69. The van der Waals surface area contributed by atoms with Gasteiger partial charge in [0, 0.05) is 24.8 Å². The second kappa shape index (κ2) is 5.96. The first kappa shape index (κ1) is 13.6. The number of nitrogens with zero attached hydrogens (tertiary/aromatic N) is 1. The molecule has 2 aliphatic rings. The lowest BCUT2D eigenvalue weighted by Gasteiger charge is -2.32. The van der Waals surface area contributed by atoms with Gasteiger partial charge < -0.3 is 10.2 Å². The molecule has 0 aromatic heterocycles. The maximum atomic E-state index is 12.9. The van der Waals surface area contributed by atoms with Crippen molar-refractivity contribution < 1.29 is 4.79 Å². The lowest BCUT2D eigenvalue weighted by atomic mass is 9.94. The number of anilines is 1. The van der Waals surface area contributed by atoms with E-state index >= 15 is 0 Å². The normalized spacial score (nSPS) is 26.8. The summed E-state index contributed by atoms with van der Waals surface area (Å²) in [5.41, 5.74) is 2.48. The summed E-state index contributed by atoms with van der Waals surface area (Å²) in [5.74, 6) is 0.469. The molecule has 2 aliphatic heterocycles. The van der Waals surface area contributed by atoms with Gasteiger partial charge in [0.1, 0.15) is 0 Å². The second-order valence-corrected chi connectivity index (χ2v) is 6.16. The minimum atomic E-state index is 0.150. The average molecular weight is 272 g/mol. The number of hydrogen-bond acceptors (Lipinski definition) is 2. The van der Waals surface area contributed by atoms with Crippen LogP contribution in [0, 0.1) is 5.92 Å². The first-order valence-corrected chi connectivity index (χ1v) is 7.88. The highest BCUT2D eigenvalue weighted by Crippen LogP contribution is 2.28. The number of amides is 1. The number of hydrogen-bond donors (Lipinski definition) is 1. The minimum Gasteiger partial charge on any atom is -0.313 e. The summed E-state index contributed by atoms with van der Waals surface area (Å²) in [7, 11) is 0. The molecule has 0 aliphatic carbocycles. The third-order valence-electron chi connectivity index (χ3n) is 4.64. The monoisotopic (exact) mass is 272 g/mol. The fourth-order valence-corrected chi connectivity index (χ4v) is 3.35. The Labute approximate surface area is 121 Å². The third-order valence-corrected chi connectivity index (χ3v) is 4.64. The topological polar surface area (TPSA) is 32.3 Å². The van der Waals surface area contributed by atoms with Crippen molar-refractivity contribution >= 4 is 11.6 Å². The summed E-state index contributed by atoms with van der Waals surface area (Å²) in [6.07, 6.45) is 5.51. The zero-order chi connectivity index (χ0) is 13.9. The van der Waals surface area contributed by atoms with Crippen LogP contribution in [0.2, 0.25) is 0 Å². The van der Waals surface area contributed by atoms with Crippen LogP contribution in [-0.2, 0) is 11.2 Å². The van der Waals surface area contributed by atoms with Crippen LogP contribution >= 0.6 is 0 Å². The number of rotatable bonds is 1. The van der Waals surface area contributed by atoms with Crippen molar-refractivity contribution in [3.8, 4) is 0 Å². The van der Waals surface area contributed by atoms with E-state index in [1.807, 2.05) is 11.0 Å². The van der Waals surface area contributed by atoms with E-state index in [0.717, 1.165) is 44.5 Å². The highest BCUT2D eigenvalue weighted by atomic mass is 16.2. The first-order valence-electron chi connectivity index (χ1n) is 7.88. The molecule has 1 aromatic carbocycles. The smallest absolute Gasteiger partial charge is 0.231 e. The molecule has 2 heterocycles. The van der Waals surface area contributed by atoms with Gasteiger partial charge in [-0.1, -0.05) is 18.2 Å². The Bertz CT molecular complexity index is 478. The summed E-state index contributed by atoms with van der Waals surface area (Å²) in [5, 5.41) is 3.44. The predicted octanol–water partition coefficient (Wildman–Crippen LogP) is 2.74. The third kappa shape index (κ3) is 2.73. The van der Waals surface area contributed by atoms with E-state index in [4.69, 9.17) is 0 Å². The molecule has 108 valence electrons. The molecule has 3 rings (SSSR count). The van der Waals surface area contributed by atoms with Crippen molar-refractivity contribution in [1.82, 2.24) is 5.32 Å². The molecule has 2 unspecified atom stereocenters. The highest BCUT2D eigenvalue weighted by molar-refractivity contribution is 5.96. The van der Waals surface area contributed by atoms with Crippen molar-refractivity contribution in [3.63, 3.8) is 0 Å². The fraction of sp³-hybridized carbons (Fsp3) is 0.588. The van der Waals surface area contributed by atoms with Gasteiger partial charge in [-0.05, 0) is 50.7 Å². The molecule has 0 bridgehead atoms. The van der Waals surface area contributed by atoms with Crippen LogP contribution in [0.4, 0.5) is 5.69 Å². The fourth-order valence-electron chi connectivity index (χ4n) is 3.35. The molecule has 1 N–H and O–H groups in total. The van der Waals surface area contributed by atoms with Crippen LogP contribution in [0.5, 0.6) is 0 Å². The summed E-state index contributed by atoms with van der Waals surface area (Å²) >= 11 is 0. The minimum absolute atomic E-state index is 0.150. The van der Waals surface area contributed by atoms with E-state index in [1.165, 1.54) is 12.0 Å². The van der Waals surface area contributed by atoms with Gasteiger partial charge in [-0.3, -0.25) is 4.79 Å². The van der Waals surface area contributed by atoms with Gasteiger partial charge in [0.2, 0.25) is 5.91 Å². The molecule has 20 heavy (non-hydrogen) atoms. The molecule has 1 saturated heterocycles. The molecule has 1 amide bonds. The van der Waals surface area contributed by atoms with Crippen LogP contribution in [0.25, 0.3) is 0 Å². The first-order chi connectivity index (χ1) is 9.75. The van der Waals surface area contributed by atoms with Crippen molar-refractivity contribution in [2.75, 3.05) is 18.0 Å². The number of fused-ring (bicyclic) bond motifs is 1. The lowest BCUT2D eigenvalue weighted by Crippen LogP contribution is -2.46. The van der Waals surface area contributed by atoms with E-state index in [9.17, 15) is 4.79 Å². The maximum Gasteiger partial charge on any atom is 0.231 e. The molecular formula is C17H24N2O. The van der Waals surface area contributed by atoms with Crippen LogP contribution in [-0.4, -0.2) is 25.0 Å². The van der Waals surface area contributed by atoms with Crippen LogP contribution in [0.15, 0.2) is 24.3 Å². The molecule has 0 spiro atoms. The van der Waals surface area contributed by atoms with Gasteiger partial charge in [-0.15, -0.1) is 0 Å². The summed E-state index contributed by atoms with van der Waals surface area (Å²) in [6, 6.07) is 8.96. The Morgan fingerprint density at radius 3 is 2.90 bits per heavy atom. The van der Waals surface area contributed by atoms with Gasteiger partial charge in [0.25, 0.3) is 0 Å². The van der Waals surface area contributed by atoms with Gasteiger partial charge >= 0.3 is 0 Å². The van der Waals surface area contributed by atoms with Crippen molar-refractivity contribution in [2.45, 2.75) is 45.1 Å². The Morgan fingerprint density at radius 1 is 1.25 bits per heavy atom. The van der Waals surface area contributed by atoms with Crippen molar-refractivity contribution in [2.24, 2.45) is 5.92 Å². The van der Waals surface area contributed by atoms with E-state index in [-0.39, 0.29) is 5.92 Å². The van der Waals surface area contributed by atoms with Crippen LogP contribution in [0.3, 0.4) is 0 Å². The Balaban J connectivity index is 1.80. The number of nitrogens with one attached hydrogen (secondary N) is 1. The van der Waals surface area contributed by atoms with E-state index < -0.39 is 0 Å². The van der Waals surface area contributed by atoms with E-state index in [1.54, 1.807) is 0 Å². The highest BCUT2D eigenvalue weighted by Gasteiger charge is 2.30. The molecule has 3 nitrogen and oxygen atoms in total. The summed E-state index contributed by atoms with van der Waals surface area (Å²) in [6.45, 7) is 3.91. The Morgan fingerprint density at radius 2 is 2.10 bits per heavy atom. The van der Waals surface area contributed by atoms with Crippen LogP contribution < -0.4 is 10.2 Å². The van der Waals surface area contributed by atoms with Gasteiger partial charge in [-0.2, -0.15) is 0 Å². The Hall–Kier alpha value is -1.35. The number of carbonyl (C=O) groups is 1. The molecule has 3 heteroatoms. The summed E-state index contributed by atoms with van der Waals surface area (Å²) in [4.78, 5) is 14.9. The predicted molar refractivity (Wildman–Crippen MR) is 81.9 cm³/mol. The van der Waals surface area contributed by atoms with Gasteiger partial charge in [-0.25, -0.2) is 0 Å². The number of carbonyl (C=O) groups excluding carboxylic acids is 1. The van der Waals surface area contributed by atoms with Gasteiger partial charge in [0.15, 0.2) is 0 Å². The quantitative estimate of drug-likeness (QED) is 0.852. The standard InChI is InChI=1S/C17H24N2O/c1-13-9-10-15(12-18-13)17(20)19-11-5-4-7-14-6-2-3-8-16(14)19/h2-3,6,8,13,15,18H,4-5,7,9-12H2,1H3. The second-order valence-electron chi connectivity index (χ2n) is 6.16. The van der Waals surface area contributed by atoms with Gasteiger partial charge in [0.05, 0.1) is 5.92 Å². The number of para-hydroxylation sites is 1. The van der Waals surface area contributed by atoms with Crippen LogP contribution in [0.1, 0.15) is 38.2 Å². The SMILES string of the molecule is CC1CCC(C(=O)N2CCCCc3ccccc32)CN1. The molecule has 1 aromatic rings. The molecule has 0 radical (unpaired) electrons. The lowest BCUT2D eigenvalue weighted by molar-refractivity contribution is -0.123. The Kier molecular flexibility index (Phi) is 4.06. The summed E-state index contributed by atoms with van der Waals surface area (Å²) < 4.78 is 0.